The lowest BCUT2D eigenvalue weighted by atomic mass is 9.97. The van der Waals surface area contributed by atoms with Gasteiger partial charge >= 0.3 is 0 Å². The minimum absolute atomic E-state index is 0.0247. The molecular weight excluding hydrogens is 470 g/mol. The molecule has 2 saturated heterocycles. The molecular formula is C25H33N3O6S. The van der Waals surface area contributed by atoms with E-state index in [0.717, 1.165) is 18.8 Å². The van der Waals surface area contributed by atoms with Gasteiger partial charge in [0.1, 0.15) is 5.75 Å². The van der Waals surface area contributed by atoms with Crippen LogP contribution in [0.3, 0.4) is 0 Å². The monoisotopic (exact) mass is 503 g/mol. The van der Waals surface area contributed by atoms with Crippen LogP contribution in [0.4, 0.5) is 5.69 Å². The van der Waals surface area contributed by atoms with E-state index in [2.05, 4.69) is 21.8 Å². The number of carbonyl (C=O) groups is 1. The number of hydrogen-bond acceptors (Lipinski definition) is 7. The molecule has 4 rings (SSSR count). The molecule has 1 amide bonds. The van der Waals surface area contributed by atoms with E-state index in [1.165, 1.54) is 19.2 Å². The summed E-state index contributed by atoms with van der Waals surface area (Å²) >= 11 is 0. The Morgan fingerprint density at radius 1 is 1.06 bits per heavy atom. The summed E-state index contributed by atoms with van der Waals surface area (Å²) in [6.45, 7) is 2.50. The van der Waals surface area contributed by atoms with Crippen LogP contribution in [0.25, 0.3) is 0 Å². The highest BCUT2D eigenvalue weighted by molar-refractivity contribution is 7.89. The molecule has 10 heteroatoms. The number of nitrogens with one attached hydrogen (secondary N) is 1. The summed E-state index contributed by atoms with van der Waals surface area (Å²) < 4.78 is 39.3. The van der Waals surface area contributed by atoms with Crippen LogP contribution in [0.5, 0.6) is 5.75 Å². The highest BCUT2D eigenvalue weighted by Crippen LogP contribution is 2.25. The number of piperazine rings is 1. The van der Waals surface area contributed by atoms with Crippen molar-refractivity contribution in [2.75, 3.05) is 44.8 Å². The lowest BCUT2D eigenvalue weighted by molar-refractivity contribution is -0.140. The van der Waals surface area contributed by atoms with Crippen LogP contribution in [0.15, 0.2) is 59.5 Å². The molecule has 2 heterocycles. The van der Waals surface area contributed by atoms with Gasteiger partial charge in [-0.2, -0.15) is 0 Å². The van der Waals surface area contributed by atoms with Crippen LogP contribution in [0.1, 0.15) is 19.3 Å². The molecule has 9 nitrogen and oxygen atoms in total. The first-order valence-corrected chi connectivity index (χ1v) is 13.4. The smallest absolute Gasteiger partial charge is 0.240 e. The maximum absolute atomic E-state index is 12.9. The molecule has 2 aromatic rings. The Morgan fingerprint density at radius 3 is 2.37 bits per heavy atom. The van der Waals surface area contributed by atoms with E-state index in [1.807, 2.05) is 23.1 Å². The van der Waals surface area contributed by atoms with E-state index >= 15 is 0 Å². The zero-order chi connectivity index (χ0) is 24.8. The second-order valence-electron chi connectivity index (χ2n) is 8.87. The van der Waals surface area contributed by atoms with Gasteiger partial charge in [0.25, 0.3) is 0 Å². The maximum atomic E-state index is 12.9. The van der Waals surface area contributed by atoms with Crippen LogP contribution in [0, 0.1) is 0 Å². The van der Waals surface area contributed by atoms with Gasteiger partial charge in [-0.05, 0) is 49.2 Å². The molecule has 3 atom stereocenters. The number of para-hydroxylation sites is 1. The van der Waals surface area contributed by atoms with Crippen LogP contribution < -0.4 is 14.4 Å². The number of carbonyl (C=O) groups excluding carboxylic acids is 1. The third-order valence-corrected chi connectivity index (χ3v) is 8.13. The first kappa shape index (κ1) is 25.4. The van der Waals surface area contributed by atoms with Gasteiger partial charge < -0.3 is 24.4 Å². The molecule has 0 aromatic heterocycles. The SMILES string of the molecule is COc1ccc(S(=O)(=O)N[C@H]2CC[C@H](CC(=O)N3CCN(c4ccccc4)CC3)O[C@H]2CO)cc1. The molecule has 0 radical (unpaired) electrons. The molecule has 0 spiro atoms. The highest BCUT2D eigenvalue weighted by atomic mass is 32.2. The first-order chi connectivity index (χ1) is 16.9. The summed E-state index contributed by atoms with van der Waals surface area (Å²) in [6.07, 6.45) is 0.153. The lowest BCUT2D eigenvalue weighted by Crippen LogP contribution is -2.52. The first-order valence-electron chi connectivity index (χ1n) is 11.9. The average Bonchev–Trinajstić information content (AvgIpc) is 2.90. The number of ether oxygens (including phenoxy) is 2. The van der Waals surface area contributed by atoms with Gasteiger partial charge in [-0.25, -0.2) is 13.1 Å². The molecule has 0 saturated carbocycles. The van der Waals surface area contributed by atoms with E-state index in [-0.39, 0.29) is 29.9 Å². The van der Waals surface area contributed by atoms with Crippen molar-refractivity contribution in [1.29, 1.82) is 0 Å². The van der Waals surface area contributed by atoms with E-state index < -0.39 is 22.2 Å². The predicted molar refractivity (Wildman–Crippen MR) is 132 cm³/mol. The topological polar surface area (TPSA) is 108 Å². The van der Waals surface area contributed by atoms with Crippen molar-refractivity contribution >= 4 is 21.6 Å². The van der Waals surface area contributed by atoms with E-state index in [1.54, 1.807) is 12.1 Å². The molecule has 2 N–H and O–H groups in total. The third-order valence-electron chi connectivity index (χ3n) is 6.63. The molecule has 0 bridgehead atoms. The fraction of sp³-hybridized carbons (Fsp3) is 0.480. The van der Waals surface area contributed by atoms with Crippen molar-refractivity contribution in [3.8, 4) is 5.75 Å². The molecule has 2 aliphatic heterocycles. The fourth-order valence-corrected chi connectivity index (χ4v) is 5.91. The molecule has 2 fully saturated rings. The summed E-state index contributed by atoms with van der Waals surface area (Å²) in [5.74, 6) is 0.587. The maximum Gasteiger partial charge on any atom is 0.240 e. The van der Waals surface area contributed by atoms with E-state index in [9.17, 15) is 18.3 Å². The number of anilines is 1. The van der Waals surface area contributed by atoms with Gasteiger partial charge in [0, 0.05) is 31.9 Å². The van der Waals surface area contributed by atoms with E-state index in [0.29, 0.717) is 31.7 Å². The third kappa shape index (κ3) is 6.32. The van der Waals surface area contributed by atoms with Crippen LogP contribution in [-0.4, -0.2) is 82.5 Å². The number of hydrogen-bond donors (Lipinski definition) is 2. The van der Waals surface area contributed by atoms with Crippen LogP contribution >= 0.6 is 0 Å². The zero-order valence-electron chi connectivity index (χ0n) is 19.9. The van der Waals surface area contributed by atoms with Crippen LogP contribution in [-0.2, 0) is 19.6 Å². The molecule has 2 aliphatic rings. The Balaban J connectivity index is 1.28. The second kappa shape index (κ2) is 11.4. The summed E-state index contributed by atoms with van der Waals surface area (Å²) in [4.78, 5) is 17.1. The number of sulfonamides is 1. The number of aliphatic hydroxyl groups is 1. The summed E-state index contributed by atoms with van der Waals surface area (Å²) in [7, 11) is -2.28. The highest BCUT2D eigenvalue weighted by Gasteiger charge is 2.35. The Hall–Kier alpha value is -2.66. The molecule has 35 heavy (non-hydrogen) atoms. The van der Waals surface area contributed by atoms with Crippen molar-refractivity contribution in [2.24, 2.45) is 0 Å². The number of methoxy groups -OCH3 is 1. The van der Waals surface area contributed by atoms with Crippen molar-refractivity contribution in [2.45, 2.75) is 42.4 Å². The fourth-order valence-electron chi connectivity index (χ4n) is 4.62. The van der Waals surface area contributed by atoms with Crippen LogP contribution in [0.2, 0.25) is 0 Å². The van der Waals surface area contributed by atoms with Crippen molar-refractivity contribution in [3.05, 3.63) is 54.6 Å². The average molecular weight is 504 g/mol. The van der Waals surface area contributed by atoms with Crippen molar-refractivity contribution < 1.29 is 27.8 Å². The standard InChI is InChI=1S/C25H33N3O6S/c1-33-20-7-10-22(11-8-20)35(31,32)26-23-12-9-21(34-24(23)18-29)17-25(30)28-15-13-27(14-16-28)19-5-3-2-4-6-19/h2-8,10-11,21,23-24,26,29H,9,12-18H2,1H3/t21-,23+,24+/m1/s1. The summed E-state index contributed by atoms with van der Waals surface area (Å²) in [5.41, 5.74) is 1.16. The summed E-state index contributed by atoms with van der Waals surface area (Å²) in [6, 6.07) is 15.7. The van der Waals surface area contributed by atoms with E-state index in [4.69, 9.17) is 9.47 Å². The number of benzene rings is 2. The number of amides is 1. The summed E-state index contributed by atoms with van der Waals surface area (Å²) in [5, 5.41) is 9.86. The van der Waals surface area contributed by atoms with Gasteiger partial charge in [-0.3, -0.25) is 4.79 Å². The van der Waals surface area contributed by atoms with Gasteiger partial charge in [-0.15, -0.1) is 0 Å². The van der Waals surface area contributed by atoms with Crippen molar-refractivity contribution in [3.63, 3.8) is 0 Å². The van der Waals surface area contributed by atoms with Gasteiger partial charge in [0.2, 0.25) is 15.9 Å². The Bertz CT molecular complexity index is 1070. The number of nitrogens with zero attached hydrogens (tertiary/aromatic N) is 2. The quantitative estimate of drug-likeness (QED) is 0.564. The minimum Gasteiger partial charge on any atom is -0.497 e. The van der Waals surface area contributed by atoms with Crippen molar-refractivity contribution in [1.82, 2.24) is 9.62 Å². The molecule has 2 aromatic carbocycles. The van der Waals surface area contributed by atoms with Gasteiger partial charge in [0.15, 0.2) is 0 Å². The molecule has 190 valence electrons. The van der Waals surface area contributed by atoms with Gasteiger partial charge in [0.05, 0.1) is 43.3 Å². The normalized spacial score (nSPS) is 23.2. The number of rotatable bonds is 8. The largest absolute Gasteiger partial charge is 0.497 e. The minimum atomic E-state index is -3.79. The number of aliphatic hydroxyl groups excluding tert-OH is 1. The molecule has 0 unspecified atom stereocenters. The second-order valence-corrected chi connectivity index (χ2v) is 10.6. The lowest BCUT2D eigenvalue weighted by Gasteiger charge is -2.38. The van der Waals surface area contributed by atoms with Gasteiger partial charge in [-0.1, -0.05) is 18.2 Å². The Morgan fingerprint density at radius 2 is 1.74 bits per heavy atom. The molecule has 0 aliphatic carbocycles. The zero-order valence-corrected chi connectivity index (χ0v) is 20.7. The predicted octanol–water partition coefficient (Wildman–Crippen LogP) is 1.62. The Labute approximate surface area is 206 Å². The Kier molecular flexibility index (Phi) is 8.27.